The van der Waals surface area contributed by atoms with E-state index in [-0.39, 0.29) is 17.4 Å². The molecule has 1 heterocycles. The van der Waals surface area contributed by atoms with Gasteiger partial charge in [0.2, 0.25) is 0 Å². The fourth-order valence-electron chi connectivity index (χ4n) is 3.74. The average molecular weight is 459 g/mol. The van der Waals surface area contributed by atoms with E-state index in [2.05, 4.69) is 5.32 Å². The summed E-state index contributed by atoms with van der Waals surface area (Å²) < 4.78 is 16.4. The van der Waals surface area contributed by atoms with Crippen molar-refractivity contribution in [1.82, 2.24) is 0 Å². The van der Waals surface area contributed by atoms with Gasteiger partial charge in [-0.25, -0.2) is 4.90 Å². The quantitative estimate of drug-likeness (QED) is 0.485. The standard InChI is InChI=1S/C27H26N2O5/c1-17(2)34-20-12-10-19(11-13-20)29-26(30)24(18-8-6-5-7-9-18)25(27(29)31)28-22-15-14-21(32-3)16-23(22)33-4/h5-17,28H,1-4H3. The molecule has 34 heavy (non-hydrogen) atoms. The predicted octanol–water partition coefficient (Wildman–Crippen LogP) is 4.89. The third kappa shape index (κ3) is 4.45. The largest absolute Gasteiger partial charge is 0.497 e. The first-order valence-electron chi connectivity index (χ1n) is 10.9. The highest BCUT2D eigenvalue weighted by Crippen LogP contribution is 2.37. The van der Waals surface area contributed by atoms with Gasteiger partial charge in [-0.1, -0.05) is 30.3 Å². The van der Waals surface area contributed by atoms with E-state index in [9.17, 15) is 9.59 Å². The number of rotatable bonds is 8. The molecular formula is C27H26N2O5. The summed E-state index contributed by atoms with van der Waals surface area (Å²) in [5, 5.41) is 3.14. The van der Waals surface area contributed by atoms with Crippen LogP contribution in [0.2, 0.25) is 0 Å². The van der Waals surface area contributed by atoms with Crippen molar-refractivity contribution in [3.05, 3.63) is 84.1 Å². The molecule has 0 aromatic heterocycles. The van der Waals surface area contributed by atoms with Crippen molar-refractivity contribution in [2.75, 3.05) is 24.4 Å². The van der Waals surface area contributed by atoms with Crippen molar-refractivity contribution in [2.24, 2.45) is 0 Å². The summed E-state index contributed by atoms with van der Waals surface area (Å²) in [5.74, 6) is 0.880. The third-order valence-electron chi connectivity index (χ3n) is 5.28. The van der Waals surface area contributed by atoms with E-state index in [4.69, 9.17) is 14.2 Å². The lowest BCUT2D eigenvalue weighted by Crippen LogP contribution is -2.32. The van der Waals surface area contributed by atoms with E-state index < -0.39 is 11.8 Å². The summed E-state index contributed by atoms with van der Waals surface area (Å²) in [6.07, 6.45) is 0.0162. The van der Waals surface area contributed by atoms with Gasteiger partial charge in [0.05, 0.1) is 37.3 Å². The van der Waals surface area contributed by atoms with Crippen LogP contribution < -0.4 is 24.4 Å². The second kappa shape index (κ2) is 9.70. The Morgan fingerprint density at radius 3 is 2.09 bits per heavy atom. The molecular weight excluding hydrogens is 432 g/mol. The number of nitrogens with zero attached hydrogens (tertiary/aromatic N) is 1. The SMILES string of the molecule is COc1ccc(NC2=C(c3ccccc3)C(=O)N(c3ccc(OC(C)C)cc3)C2=O)c(OC)c1. The molecule has 0 atom stereocenters. The Bertz CT molecular complexity index is 1230. The molecule has 2 amide bonds. The Hall–Kier alpha value is -4.26. The Morgan fingerprint density at radius 2 is 1.47 bits per heavy atom. The number of ether oxygens (including phenoxy) is 3. The van der Waals surface area contributed by atoms with Gasteiger partial charge in [-0.3, -0.25) is 9.59 Å². The minimum atomic E-state index is -0.459. The molecule has 1 aliphatic heterocycles. The number of amides is 2. The van der Waals surface area contributed by atoms with Crippen molar-refractivity contribution in [1.29, 1.82) is 0 Å². The molecule has 1 aliphatic rings. The summed E-state index contributed by atoms with van der Waals surface area (Å²) in [4.78, 5) is 28.3. The second-order valence-corrected chi connectivity index (χ2v) is 7.91. The molecule has 0 saturated carbocycles. The van der Waals surface area contributed by atoms with E-state index in [1.807, 2.05) is 32.0 Å². The maximum Gasteiger partial charge on any atom is 0.282 e. The fourth-order valence-corrected chi connectivity index (χ4v) is 3.74. The number of benzene rings is 3. The first kappa shape index (κ1) is 22.9. The number of hydrogen-bond acceptors (Lipinski definition) is 6. The zero-order valence-electron chi connectivity index (χ0n) is 19.5. The van der Waals surface area contributed by atoms with Crippen LogP contribution in [-0.4, -0.2) is 32.1 Å². The highest BCUT2D eigenvalue weighted by molar-refractivity contribution is 6.46. The lowest BCUT2D eigenvalue weighted by atomic mass is 10.0. The number of nitrogens with one attached hydrogen (secondary N) is 1. The number of methoxy groups -OCH3 is 2. The van der Waals surface area contributed by atoms with E-state index in [1.165, 1.54) is 12.0 Å². The maximum atomic E-state index is 13.6. The van der Waals surface area contributed by atoms with Crippen LogP contribution in [0.4, 0.5) is 11.4 Å². The molecule has 7 nitrogen and oxygen atoms in total. The lowest BCUT2D eigenvalue weighted by molar-refractivity contribution is -0.120. The fraction of sp³-hybridized carbons (Fsp3) is 0.185. The number of hydrogen-bond donors (Lipinski definition) is 1. The number of carbonyl (C=O) groups is 2. The predicted molar refractivity (Wildman–Crippen MR) is 131 cm³/mol. The molecule has 1 N–H and O–H groups in total. The number of carbonyl (C=O) groups excluding carboxylic acids is 2. The molecule has 0 fully saturated rings. The van der Waals surface area contributed by atoms with Crippen molar-refractivity contribution >= 4 is 28.8 Å². The monoisotopic (exact) mass is 458 g/mol. The molecule has 174 valence electrons. The molecule has 0 spiro atoms. The van der Waals surface area contributed by atoms with Crippen molar-refractivity contribution in [2.45, 2.75) is 20.0 Å². The van der Waals surface area contributed by atoms with Crippen molar-refractivity contribution in [3.63, 3.8) is 0 Å². The number of anilines is 2. The Labute approximate surface area is 198 Å². The van der Waals surface area contributed by atoms with Crippen LogP contribution >= 0.6 is 0 Å². The van der Waals surface area contributed by atoms with Crippen LogP contribution in [0.5, 0.6) is 17.2 Å². The molecule has 7 heteroatoms. The van der Waals surface area contributed by atoms with E-state index in [0.717, 1.165) is 0 Å². The topological polar surface area (TPSA) is 77.1 Å². The van der Waals surface area contributed by atoms with Gasteiger partial charge in [0.1, 0.15) is 22.9 Å². The third-order valence-corrected chi connectivity index (χ3v) is 5.28. The summed E-state index contributed by atoms with van der Waals surface area (Å²) >= 11 is 0. The van der Waals surface area contributed by atoms with Gasteiger partial charge in [0, 0.05) is 6.07 Å². The smallest absolute Gasteiger partial charge is 0.282 e. The van der Waals surface area contributed by atoms with Gasteiger partial charge in [0.15, 0.2) is 0 Å². The normalized spacial score (nSPS) is 13.5. The van der Waals surface area contributed by atoms with Crippen LogP contribution in [0.15, 0.2) is 78.5 Å². The van der Waals surface area contributed by atoms with E-state index in [1.54, 1.807) is 61.7 Å². The van der Waals surface area contributed by atoms with E-state index >= 15 is 0 Å². The minimum Gasteiger partial charge on any atom is -0.497 e. The van der Waals surface area contributed by atoms with Crippen LogP contribution in [0.25, 0.3) is 5.57 Å². The molecule has 0 bridgehead atoms. The first-order chi connectivity index (χ1) is 16.4. The zero-order valence-corrected chi connectivity index (χ0v) is 19.5. The molecule has 0 saturated heterocycles. The average Bonchev–Trinajstić information content (AvgIpc) is 3.09. The van der Waals surface area contributed by atoms with Gasteiger partial charge in [-0.05, 0) is 55.8 Å². The molecule has 0 unspecified atom stereocenters. The van der Waals surface area contributed by atoms with Gasteiger partial charge in [0.25, 0.3) is 11.8 Å². The molecule has 0 radical (unpaired) electrons. The van der Waals surface area contributed by atoms with Gasteiger partial charge >= 0.3 is 0 Å². The number of imide groups is 1. The highest BCUT2D eigenvalue weighted by atomic mass is 16.5. The van der Waals surface area contributed by atoms with Gasteiger partial charge in [-0.15, -0.1) is 0 Å². The molecule has 3 aromatic rings. The van der Waals surface area contributed by atoms with Crippen LogP contribution in [0, 0.1) is 0 Å². The molecule has 3 aromatic carbocycles. The zero-order chi connectivity index (χ0) is 24.2. The van der Waals surface area contributed by atoms with Crippen molar-refractivity contribution < 1.29 is 23.8 Å². The van der Waals surface area contributed by atoms with Crippen molar-refractivity contribution in [3.8, 4) is 17.2 Å². The second-order valence-electron chi connectivity index (χ2n) is 7.91. The Balaban J connectivity index is 1.75. The Kier molecular flexibility index (Phi) is 6.54. The maximum absolute atomic E-state index is 13.6. The lowest BCUT2D eigenvalue weighted by Gasteiger charge is -2.17. The van der Waals surface area contributed by atoms with Crippen LogP contribution in [0.3, 0.4) is 0 Å². The summed E-state index contributed by atoms with van der Waals surface area (Å²) in [6.45, 7) is 3.87. The first-order valence-corrected chi connectivity index (χ1v) is 10.9. The molecule has 0 aliphatic carbocycles. The highest BCUT2D eigenvalue weighted by Gasteiger charge is 2.40. The minimum absolute atomic E-state index is 0.0162. The van der Waals surface area contributed by atoms with Gasteiger partial charge < -0.3 is 19.5 Å². The van der Waals surface area contributed by atoms with Gasteiger partial charge in [-0.2, -0.15) is 0 Å². The summed E-state index contributed by atoms with van der Waals surface area (Å²) in [5.41, 5.74) is 2.08. The summed E-state index contributed by atoms with van der Waals surface area (Å²) in [6, 6.07) is 21.2. The molecule has 4 rings (SSSR count). The van der Waals surface area contributed by atoms with E-state index in [0.29, 0.717) is 34.2 Å². The summed E-state index contributed by atoms with van der Waals surface area (Å²) in [7, 11) is 3.09. The van der Waals surface area contributed by atoms with Crippen LogP contribution in [0.1, 0.15) is 19.4 Å². The van der Waals surface area contributed by atoms with Crippen LogP contribution in [-0.2, 0) is 9.59 Å². The Morgan fingerprint density at radius 1 is 0.794 bits per heavy atom.